The van der Waals surface area contributed by atoms with E-state index in [0.29, 0.717) is 10.5 Å². The summed E-state index contributed by atoms with van der Waals surface area (Å²) in [6.45, 7) is 1.90. The summed E-state index contributed by atoms with van der Waals surface area (Å²) in [4.78, 5) is 12.9. The Bertz CT molecular complexity index is 879. The van der Waals surface area contributed by atoms with Crippen molar-refractivity contribution in [2.45, 2.75) is 25.4 Å². The van der Waals surface area contributed by atoms with Gasteiger partial charge in [-0.15, -0.1) is 0 Å². The number of halogens is 1. The van der Waals surface area contributed by atoms with Crippen LogP contribution in [0.1, 0.15) is 18.9 Å². The largest absolute Gasteiger partial charge is 0.329 e. The number of sulfone groups is 1. The molecular weight excluding hydrogens is 338 g/mol. The van der Waals surface area contributed by atoms with E-state index in [1.807, 2.05) is 6.07 Å². The van der Waals surface area contributed by atoms with Gasteiger partial charge >= 0.3 is 5.69 Å². The third-order valence-corrected chi connectivity index (χ3v) is 5.44. The van der Waals surface area contributed by atoms with Crippen molar-refractivity contribution < 1.29 is 8.42 Å². The van der Waals surface area contributed by atoms with Gasteiger partial charge in [-0.2, -0.15) is 0 Å². The molecule has 0 atom stereocenters. The Morgan fingerprint density at radius 2 is 1.96 bits per heavy atom. The fraction of sp³-hybridized carbons (Fsp3) is 0.533. The Morgan fingerprint density at radius 1 is 1.26 bits per heavy atom. The highest BCUT2D eigenvalue weighted by molar-refractivity contribution is 7.90. The standard InChI is InChI=1S/C15H20ClN3O3S/c1-23(21,22)9-8-18-14-10-11(16)2-3-13(14)19(15(18)20)12-4-6-17-7-5-12/h2-3,10,12,17H,4-9H2,1H3. The fourth-order valence-electron chi connectivity index (χ4n) is 3.14. The number of imidazole rings is 1. The van der Waals surface area contributed by atoms with Crippen molar-refractivity contribution in [3.8, 4) is 0 Å². The third kappa shape index (κ3) is 3.46. The van der Waals surface area contributed by atoms with Gasteiger partial charge in [0.25, 0.3) is 0 Å². The molecule has 1 aromatic carbocycles. The fourth-order valence-corrected chi connectivity index (χ4v) is 3.82. The lowest BCUT2D eigenvalue weighted by Gasteiger charge is -2.23. The molecular formula is C15H20ClN3O3S. The maximum atomic E-state index is 12.9. The number of rotatable bonds is 4. The van der Waals surface area contributed by atoms with Gasteiger partial charge in [-0.1, -0.05) is 11.6 Å². The number of piperidine rings is 1. The molecule has 1 fully saturated rings. The van der Waals surface area contributed by atoms with Gasteiger partial charge in [-0.05, 0) is 44.1 Å². The lowest BCUT2D eigenvalue weighted by molar-refractivity contribution is 0.365. The molecule has 2 aromatic rings. The molecule has 0 spiro atoms. The van der Waals surface area contributed by atoms with Crippen LogP contribution in [-0.2, 0) is 16.4 Å². The minimum atomic E-state index is -3.15. The zero-order chi connectivity index (χ0) is 16.6. The van der Waals surface area contributed by atoms with Crippen molar-refractivity contribution in [3.63, 3.8) is 0 Å². The van der Waals surface area contributed by atoms with E-state index in [9.17, 15) is 13.2 Å². The number of hydrogen-bond acceptors (Lipinski definition) is 4. The monoisotopic (exact) mass is 357 g/mol. The van der Waals surface area contributed by atoms with Crippen LogP contribution in [0.15, 0.2) is 23.0 Å². The summed E-state index contributed by atoms with van der Waals surface area (Å²) in [5, 5.41) is 3.83. The maximum absolute atomic E-state index is 12.9. The second-order valence-corrected chi connectivity index (χ2v) is 8.74. The number of nitrogens with zero attached hydrogens (tertiary/aromatic N) is 2. The van der Waals surface area contributed by atoms with E-state index in [2.05, 4.69) is 5.32 Å². The zero-order valence-corrected chi connectivity index (χ0v) is 14.5. The Morgan fingerprint density at radius 3 is 2.61 bits per heavy atom. The summed E-state index contributed by atoms with van der Waals surface area (Å²) in [7, 11) is -3.15. The minimum absolute atomic E-state index is 0.0647. The number of nitrogens with one attached hydrogen (secondary N) is 1. The molecule has 1 aliphatic heterocycles. The van der Waals surface area contributed by atoms with Gasteiger partial charge in [-0.25, -0.2) is 13.2 Å². The summed E-state index contributed by atoms with van der Waals surface area (Å²) in [6.07, 6.45) is 2.94. The normalized spacial score (nSPS) is 17.0. The van der Waals surface area contributed by atoms with Crippen LogP contribution in [0, 0.1) is 0 Å². The van der Waals surface area contributed by atoms with Gasteiger partial charge in [0.1, 0.15) is 9.84 Å². The van der Waals surface area contributed by atoms with Gasteiger partial charge in [0.15, 0.2) is 0 Å². The van der Waals surface area contributed by atoms with E-state index < -0.39 is 9.84 Å². The Hall–Kier alpha value is -1.31. The van der Waals surface area contributed by atoms with Gasteiger partial charge < -0.3 is 5.32 Å². The molecule has 1 N–H and O–H groups in total. The molecule has 23 heavy (non-hydrogen) atoms. The predicted molar refractivity (Wildman–Crippen MR) is 92.1 cm³/mol. The predicted octanol–water partition coefficient (Wildman–Crippen LogP) is 1.43. The van der Waals surface area contributed by atoms with Gasteiger partial charge in [-0.3, -0.25) is 9.13 Å². The summed E-state index contributed by atoms with van der Waals surface area (Å²) in [5.74, 6) is -0.0647. The second kappa shape index (κ2) is 6.30. The summed E-state index contributed by atoms with van der Waals surface area (Å²) < 4.78 is 26.3. The first-order chi connectivity index (χ1) is 10.9. The van der Waals surface area contributed by atoms with E-state index in [1.165, 1.54) is 10.8 Å². The lowest BCUT2D eigenvalue weighted by Crippen LogP contribution is -2.35. The SMILES string of the molecule is CS(=O)(=O)CCn1c(=O)n(C2CCNCC2)c2ccc(Cl)cc21. The van der Waals surface area contributed by atoms with Crippen molar-refractivity contribution in [1.29, 1.82) is 0 Å². The second-order valence-electron chi connectivity index (χ2n) is 6.05. The molecule has 126 valence electrons. The Balaban J connectivity index is 2.13. The van der Waals surface area contributed by atoms with E-state index in [-0.39, 0.29) is 24.0 Å². The van der Waals surface area contributed by atoms with Crippen LogP contribution in [0.3, 0.4) is 0 Å². The summed E-state index contributed by atoms with van der Waals surface area (Å²) >= 11 is 6.08. The van der Waals surface area contributed by atoms with Crippen LogP contribution < -0.4 is 11.0 Å². The van der Waals surface area contributed by atoms with E-state index in [4.69, 9.17) is 11.6 Å². The first-order valence-corrected chi connectivity index (χ1v) is 10.1. The summed E-state index contributed by atoms with van der Waals surface area (Å²) in [6, 6.07) is 5.48. The molecule has 1 aromatic heterocycles. The average molecular weight is 358 g/mol. The minimum Gasteiger partial charge on any atom is -0.317 e. The molecule has 2 heterocycles. The van der Waals surface area contributed by atoms with Crippen molar-refractivity contribution >= 4 is 32.5 Å². The molecule has 3 rings (SSSR count). The van der Waals surface area contributed by atoms with E-state index in [0.717, 1.165) is 31.4 Å². The first kappa shape index (κ1) is 16.5. The van der Waals surface area contributed by atoms with Crippen molar-refractivity contribution in [2.75, 3.05) is 25.1 Å². The average Bonchev–Trinajstić information content (AvgIpc) is 2.76. The van der Waals surface area contributed by atoms with Crippen LogP contribution in [-0.4, -0.2) is 42.7 Å². The van der Waals surface area contributed by atoms with Crippen LogP contribution in [0.4, 0.5) is 0 Å². The van der Waals surface area contributed by atoms with Crippen molar-refractivity contribution in [1.82, 2.24) is 14.5 Å². The van der Waals surface area contributed by atoms with Crippen LogP contribution in [0.25, 0.3) is 11.0 Å². The highest BCUT2D eigenvalue weighted by Gasteiger charge is 2.22. The Kier molecular flexibility index (Phi) is 4.53. The van der Waals surface area contributed by atoms with Gasteiger partial charge in [0.2, 0.25) is 0 Å². The lowest BCUT2D eigenvalue weighted by atomic mass is 10.1. The van der Waals surface area contributed by atoms with Crippen LogP contribution >= 0.6 is 11.6 Å². The molecule has 1 aliphatic rings. The highest BCUT2D eigenvalue weighted by atomic mass is 35.5. The van der Waals surface area contributed by atoms with Gasteiger partial charge in [0.05, 0.1) is 16.8 Å². The molecule has 0 amide bonds. The molecule has 0 saturated carbocycles. The molecule has 0 aliphatic carbocycles. The van der Waals surface area contributed by atoms with E-state index >= 15 is 0 Å². The molecule has 1 saturated heterocycles. The maximum Gasteiger partial charge on any atom is 0.329 e. The molecule has 8 heteroatoms. The first-order valence-electron chi connectivity index (χ1n) is 7.65. The molecule has 0 bridgehead atoms. The van der Waals surface area contributed by atoms with Crippen LogP contribution in [0.5, 0.6) is 0 Å². The van der Waals surface area contributed by atoms with Gasteiger partial charge in [0, 0.05) is 23.9 Å². The number of aromatic nitrogens is 2. The smallest absolute Gasteiger partial charge is 0.317 e. The zero-order valence-electron chi connectivity index (χ0n) is 13.0. The van der Waals surface area contributed by atoms with Crippen molar-refractivity contribution in [2.24, 2.45) is 0 Å². The quantitative estimate of drug-likeness (QED) is 0.898. The Labute approximate surface area is 140 Å². The third-order valence-electron chi connectivity index (χ3n) is 4.28. The molecule has 6 nitrogen and oxygen atoms in total. The number of benzene rings is 1. The topological polar surface area (TPSA) is 73.1 Å². The van der Waals surface area contributed by atoms with E-state index in [1.54, 1.807) is 16.7 Å². The van der Waals surface area contributed by atoms with Crippen molar-refractivity contribution in [3.05, 3.63) is 33.7 Å². The number of aryl methyl sites for hydroxylation is 1. The summed E-state index contributed by atoms with van der Waals surface area (Å²) in [5.41, 5.74) is 1.36. The van der Waals surface area contributed by atoms with Crippen LogP contribution in [0.2, 0.25) is 5.02 Å². The number of hydrogen-bond donors (Lipinski definition) is 1. The number of fused-ring (bicyclic) bond motifs is 1. The highest BCUT2D eigenvalue weighted by Crippen LogP contribution is 2.25. The molecule has 0 radical (unpaired) electrons. The molecule has 0 unspecified atom stereocenters.